The van der Waals surface area contributed by atoms with Gasteiger partial charge in [-0.15, -0.1) is 0 Å². The topological polar surface area (TPSA) is 58.2 Å². The van der Waals surface area contributed by atoms with E-state index in [1.165, 1.54) is 35.1 Å². The first kappa shape index (κ1) is 21.5. The number of benzene rings is 2. The van der Waals surface area contributed by atoms with Crippen molar-refractivity contribution in [3.8, 4) is 17.0 Å². The number of fused-ring (bicyclic) bond motifs is 1. The highest BCUT2D eigenvalue weighted by Gasteiger charge is 2.18. The van der Waals surface area contributed by atoms with Gasteiger partial charge in [0.05, 0.1) is 12.3 Å². The van der Waals surface area contributed by atoms with E-state index in [9.17, 15) is 0 Å². The summed E-state index contributed by atoms with van der Waals surface area (Å²) in [7, 11) is 0. The van der Waals surface area contributed by atoms with E-state index < -0.39 is 0 Å². The quantitative estimate of drug-likeness (QED) is 0.456. The average molecular weight is 441 g/mol. The number of aryl methyl sites for hydroxylation is 1. The summed E-state index contributed by atoms with van der Waals surface area (Å²) in [4.78, 5) is 5.07. The lowest BCUT2D eigenvalue weighted by Gasteiger charge is -2.23. The Hall–Kier alpha value is -3.31. The van der Waals surface area contributed by atoms with Crippen LogP contribution in [0, 0.1) is 6.92 Å². The lowest BCUT2D eigenvalue weighted by atomic mass is 9.90. The zero-order chi connectivity index (χ0) is 22.6. The summed E-state index contributed by atoms with van der Waals surface area (Å²) in [5, 5.41) is 10.4. The third kappa shape index (κ3) is 4.74. The van der Waals surface area contributed by atoms with Crippen molar-refractivity contribution in [2.24, 2.45) is 0 Å². The number of pyridine rings is 1. The highest BCUT2D eigenvalue weighted by Crippen LogP contribution is 2.35. The fraction of sp³-hybridized carbons (Fsp3) is 0.321. The number of rotatable bonds is 6. The lowest BCUT2D eigenvalue weighted by Crippen LogP contribution is -2.26. The zero-order valence-corrected chi connectivity index (χ0v) is 19.4. The van der Waals surface area contributed by atoms with E-state index in [2.05, 4.69) is 71.4 Å². The van der Waals surface area contributed by atoms with Crippen LogP contribution in [0.4, 0.5) is 11.5 Å². The first-order valence-corrected chi connectivity index (χ1v) is 12.0. The summed E-state index contributed by atoms with van der Waals surface area (Å²) in [6.07, 6.45) is 6.54. The van der Waals surface area contributed by atoms with Crippen molar-refractivity contribution in [3.63, 3.8) is 0 Å². The van der Waals surface area contributed by atoms with E-state index in [1.807, 2.05) is 19.2 Å². The molecule has 5 rings (SSSR count). The van der Waals surface area contributed by atoms with Crippen molar-refractivity contribution in [1.82, 2.24) is 15.6 Å². The Bertz CT molecular complexity index is 1150. The maximum absolute atomic E-state index is 5.92. The maximum Gasteiger partial charge on any atom is 0.136 e. The van der Waals surface area contributed by atoms with Crippen molar-refractivity contribution in [3.05, 3.63) is 77.0 Å². The predicted molar refractivity (Wildman–Crippen MR) is 136 cm³/mol. The molecule has 2 aliphatic heterocycles. The number of hydrogen-bond donors (Lipinski definition) is 3. The maximum atomic E-state index is 5.92. The molecule has 2 aromatic carbocycles. The number of ether oxygens (including phenoxy) is 1. The highest BCUT2D eigenvalue weighted by molar-refractivity contribution is 5.76. The summed E-state index contributed by atoms with van der Waals surface area (Å²) in [5.74, 6) is 2.41. The molecule has 1 saturated heterocycles. The second-order valence-electron chi connectivity index (χ2n) is 8.84. The fourth-order valence-electron chi connectivity index (χ4n) is 4.73. The number of anilines is 2. The third-order valence-corrected chi connectivity index (χ3v) is 6.51. The molecule has 33 heavy (non-hydrogen) atoms. The summed E-state index contributed by atoms with van der Waals surface area (Å²) in [6.45, 7) is 7.71. The van der Waals surface area contributed by atoms with Crippen LogP contribution in [0.3, 0.4) is 0 Å². The molecule has 0 saturated carbocycles. The van der Waals surface area contributed by atoms with Crippen molar-refractivity contribution >= 4 is 17.6 Å². The molecule has 5 heteroatoms. The Morgan fingerprint density at radius 2 is 1.88 bits per heavy atom. The second-order valence-corrected chi connectivity index (χ2v) is 8.84. The van der Waals surface area contributed by atoms with Gasteiger partial charge >= 0.3 is 0 Å². The molecular formula is C28H32N4O. The fourth-order valence-corrected chi connectivity index (χ4v) is 4.73. The molecule has 2 aliphatic rings. The smallest absolute Gasteiger partial charge is 0.136 e. The first-order chi connectivity index (χ1) is 16.2. The molecular weight excluding hydrogens is 408 g/mol. The van der Waals surface area contributed by atoms with Crippen LogP contribution in [-0.4, -0.2) is 24.7 Å². The number of nitrogens with zero attached hydrogens (tertiary/aromatic N) is 1. The van der Waals surface area contributed by atoms with Crippen molar-refractivity contribution in [2.45, 2.75) is 39.2 Å². The SMILES string of the molecule is CCOc1ccc(C)cc1-c1cc2c(c(Nc3ccc(C4CCNCC4)cc3)n1)CNC=C2. The van der Waals surface area contributed by atoms with Crippen LogP contribution in [0.15, 0.2) is 54.7 Å². The number of hydrogen-bond acceptors (Lipinski definition) is 5. The molecule has 0 aliphatic carbocycles. The van der Waals surface area contributed by atoms with Crippen LogP contribution < -0.4 is 20.7 Å². The van der Waals surface area contributed by atoms with E-state index in [-0.39, 0.29) is 0 Å². The van der Waals surface area contributed by atoms with Gasteiger partial charge in [0.15, 0.2) is 0 Å². The zero-order valence-electron chi connectivity index (χ0n) is 19.4. The molecule has 0 atom stereocenters. The molecule has 0 amide bonds. The minimum absolute atomic E-state index is 0.624. The third-order valence-electron chi connectivity index (χ3n) is 6.51. The minimum Gasteiger partial charge on any atom is -0.493 e. The molecule has 0 unspecified atom stereocenters. The van der Waals surface area contributed by atoms with Crippen molar-refractivity contribution < 1.29 is 4.74 Å². The predicted octanol–water partition coefficient (Wildman–Crippen LogP) is 5.74. The van der Waals surface area contributed by atoms with Gasteiger partial charge in [-0.2, -0.15) is 0 Å². The Morgan fingerprint density at radius 3 is 2.67 bits per heavy atom. The summed E-state index contributed by atoms with van der Waals surface area (Å²) in [6, 6.07) is 17.3. The summed E-state index contributed by atoms with van der Waals surface area (Å²) >= 11 is 0. The van der Waals surface area contributed by atoms with Crippen LogP contribution in [0.25, 0.3) is 17.3 Å². The molecule has 0 radical (unpaired) electrons. The Labute approximate surface area is 196 Å². The van der Waals surface area contributed by atoms with Crippen molar-refractivity contribution in [2.75, 3.05) is 25.0 Å². The minimum atomic E-state index is 0.624. The Morgan fingerprint density at radius 1 is 1.06 bits per heavy atom. The lowest BCUT2D eigenvalue weighted by molar-refractivity contribution is 0.341. The Balaban J connectivity index is 1.49. The molecule has 1 fully saturated rings. The normalized spacial score (nSPS) is 15.6. The summed E-state index contributed by atoms with van der Waals surface area (Å²) < 4.78 is 5.92. The molecule has 0 spiro atoms. The van der Waals surface area contributed by atoms with Gasteiger partial charge < -0.3 is 20.7 Å². The molecule has 170 valence electrons. The molecule has 3 N–H and O–H groups in total. The standard InChI is InChI=1S/C28H32N4O/c1-3-33-27-9-4-19(2)16-24(27)26-17-22-12-15-30-18-25(22)28(32-26)31-23-7-5-20(6-8-23)21-10-13-29-14-11-21/h4-9,12,15-17,21,29-30H,3,10-11,13-14,18H2,1-2H3,(H,31,32). The molecule has 3 aromatic rings. The average Bonchev–Trinajstić information content (AvgIpc) is 2.86. The number of aromatic nitrogens is 1. The van der Waals surface area contributed by atoms with Gasteiger partial charge in [0.25, 0.3) is 0 Å². The largest absolute Gasteiger partial charge is 0.493 e. The van der Waals surface area contributed by atoms with Crippen LogP contribution in [0.5, 0.6) is 5.75 Å². The monoisotopic (exact) mass is 440 g/mol. The van der Waals surface area contributed by atoms with E-state index in [0.717, 1.165) is 48.1 Å². The second kappa shape index (κ2) is 9.67. The summed E-state index contributed by atoms with van der Waals surface area (Å²) in [5.41, 5.74) is 7.97. The molecule has 5 nitrogen and oxygen atoms in total. The van der Waals surface area contributed by atoms with Gasteiger partial charge in [0, 0.05) is 23.4 Å². The molecule has 3 heterocycles. The van der Waals surface area contributed by atoms with Gasteiger partial charge in [0.1, 0.15) is 11.6 Å². The van der Waals surface area contributed by atoms with Gasteiger partial charge in [-0.3, -0.25) is 0 Å². The first-order valence-electron chi connectivity index (χ1n) is 12.0. The van der Waals surface area contributed by atoms with E-state index in [1.54, 1.807) is 0 Å². The van der Waals surface area contributed by atoms with E-state index >= 15 is 0 Å². The Kier molecular flexibility index (Phi) is 6.31. The molecule has 0 bridgehead atoms. The van der Waals surface area contributed by atoms with Gasteiger partial charge in [-0.25, -0.2) is 4.98 Å². The van der Waals surface area contributed by atoms with Crippen LogP contribution in [-0.2, 0) is 6.54 Å². The van der Waals surface area contributed by atoms with Gasteiger partial charge in [-0.05, 0) is 99.4 Å². The van der Waals surface area contributed by atoms with Gasteiger partial charge in [-0.1, -0.05) is 23.8 Å². The van der Waals surface area contributed by atoms with Crippen LogP contribution in [0.1, 0.15) is 47.9 Å². The van der Waals surface area contributed by atoms with Crippen molar-refractivity contribution in [1.29, 1.82) is 0 Å². The number of piperidine rings is 1. The van der Waals surface area contributed by atoms with E-state index in [4.69, 9.17) is 9.72 Å². The van der Waals surface area contributed by atoms with Gasteiger partial charge in [0.2, 0.25) is 0 Å². The van der Waals surface area contributed by atoms with Crippen LogP contribution in [0.2, 0.25) is 0 Å². The highest BCUT2D eigenvalue weighted by atomic mass is 16.5. The van der Waals surface area contributed by atoms with Crippen LogP contribution >= 0.6 is 0 Å². The van der Waals surface area contributed by atoms with E-state index in [0.29, 0.717) is 12.5 Å². The molecule has 1 aromatic heterocycles. The number of nitrogens with one attached hydrogen (secondary N) is 3.